The standard InChI is InChI=1S/CH3FNOP/c1-5(2)3-4/h1H3. The van der Waals surface area contributed by atoms with Gasteiger partial charge < -0.3 is 0 Å². The van der Waals surface area contributed by atoms with E-state index in [1.807, 2.05) is 4.95 Å². The molecule has 2 nitrogen and oxygen atoms in total. The average molecular weight is 95.0 g/mol. The van der Waals surface area contributed by atoms with Crippen LogP contribution in [0.4, 0.5) is 4.20 Å². The Labute approximate surface area is 30.3 Å². The molecule has 0 aliphatic heterocycles. The van der Waals surface area contributed by atoms with Crippen molar-refractivity contribution >= 4 is 8.38 Å². The molecule has 0 fully saturated rings. The minimum atomic E-state index is -2.03. The van der Waals surface area contributed by atoms with Crippen molar-refractivity contribution in [3.8, 4) is 0 Å². The molecule has 0 aromatic rings. The molecule has 0 bridgehead atoms. The molecule has 30 valence electrons. The highest BCUT2D eigenvalue weighted by molar-refractivity contribution is 7.49. The summed E-state index contributed by atoms with van der Waals surface area (Å²) in [6.45, 7) is 1.14. The van der Waals surface area contributed by atoms with Gasteiger partial charge in [-0.25, -0.2) is 0 Å². The molecule has 0 aromatic heterocycles. The minimum Gasteiger partial charge on any atom is -0.197 e. The van der Waals surface area contributed by atoms with Crippen molar-refractivity contribution in [1.82, 2.24) is 0 Å². The van der Waals surface area contributed by atoms with Crippen LogP contribution in [-0.4, -0.2) is 6.66 Å². The van der Waals surface area contributed by atoms with Gasteiger partial charge in [0.2, 0.25) is 8.38 Å². The molecule has 0 radical (unpaired) electrons. The molecule has 4 heteroatoms. The van der Waals surface area contributed by atoms with Crippen LogP contribution >= 0.6 is 8.38 Å². The van der Waals surface area contributed by atoms with Gasteiger partial charge >= 0.3 is 0 Å². The van der Waals surface area contributed by atoms with Gasteiger partial charge in [0.05, 0.1) is 0 Å². The lowest BCUT2D eigenvalue weighted by molar-refractivity contribution is 0.897. The van der Waals surface area contributed by atoms with Crippen LogP contribution in [0.1, 0.15) is 0 Å². The van der Waals surface area contributed by atoms with Crippen molar-refractivity contribution in [2.24, 2.45) is 4.95 Å². The molecule has 0 aliphatic carbocycles. The van der Waals surface area contributed by atoms with Gasteiger partial charge in [-0.15, -0.1) is 4.91 Å². The maximum Gasteiger partial charge on any atom is 0.246 e. The molecule has 5 heavy (non-hydrogen) atoms. The number of hydrogen-bond acceptors (Lipinski definition) is 2. The number of halogens is 1. The molecule has 0 N–H and O–H groups in total. The van der Waals surface area contributed by atoms with Crippen LogP contribution in [0.5, 0.6) is 0 Å². The summed E-state index contributed by atoms with van der Waals surface area (Å²) >= 11 is 0. The molecular weight excluding hydrogens is 92.0 g/mol. The van der Waals surface area contributed by atoms with E-state index in [2.05, 4.69) is 0 Å². The second-order valence-electron chi connectivity index (χ2n) is 0.526. The molecule has 0 heterocycles. The van der Waals surface area contributed by atoms with Crippen LogP contribution < -0.4 is 0 Å². The van der Waals surface area contributed by atoms with E-state index < -0.39 is 8.38 Å². The monoisotopic (exact) mass is 95.0 g/mol. The maximum absolute atomic E-state index is 11.0. The molecule has 1 unspecified atom stereocenters. The number of hydrogen-bond donors (Lipinski definition) is 0. The first-order valence-electron chi connectivity index (χ1n) is 0.999. The van der Waals surface area contributed by atoms with Crippen molar-refractivity contribution in [2.75, 3.05) is 6.66 Å². The first-order valence-corrected chi connectivity index (χ1v) is 2.63. The van der Waals surface area contributed by atoms with E-state index in [0.717, 1.165) is 6.66 Å². The summed E-state index contributed by atoms with van der Waals surface area (Å²) < 4.78 is 11.0. The second kappa shape index (κ2) is 2.21. The summed E-state index contributed by atoms with van der Waals surface area (Å²) in [6, 6.07) is 0. The van der Waals surface area contributed by atoms with Crippen LogP contribution in [0.25, 0.3) is 0 Å². The average Bonchev–Trinajstić information content (AvgIpc) is 1.38. The van der Waals surface area contributed by atoms with Crippen molar-refractivity contribution in [1.29, 1.82) is 0 Å². The van der Waals surface area contributed by atoms with Crippen LogP contribution in [0, 0.1) is 4.91 Å². The molecule has 0 amide bonds. The lowest BCUT2D eigenvalue weighted by atomic mass is 12.0. The van der Waals surface area contributed by atoms with E-state index in [-0.39, 0.29) is 0 Å². The zero-order valence-corrected chi connectivity index (χ0v) is 3.58. The van der Waals surface area contributed by atoms with Crippen LogP contribution in [-0.2, 0) is 0 Å². The highest BCUT2D eigenvalue weighted by Crippen LogP contribution is 2.31. The smallest absolute Gasteiger partial charge is 0.197 e. The Morgan fingerprint density at radius 1 is 2.00 bits per heavy atom. The fourth-order valence-corrected chi connectivity index (χ4v) is 0. The highest BCUT2D eigenvalue weighted by Gasteiger charge is 1.88. The van der Waals surface area contributed by atoms with E-state index in [0.29, 0.717) is 0 Å². The third kappa shape index (κ3) is 3.96. The van der Waals surface area contributed by atoms with Gasteiger partial charge in [0, 0.05) is 6.66 Å². The number of nitroso groups, excluding NO2 is 1. The lowest BCUT2D eigenvalue weighted by Gasteiger charge is -1.71. The summed E-state index contributed by atoms with van der Waals surface area (Å²) in [5.41, 5.74) is 0. The van der Waals surface area contributed by atoms with E-state index in [9.17, 15) is 4.20 Å². The van der Waals surface area contributed by atoms with Gasteiger partial charge in [0.25, 0.3) is 0 Å². The molecule has 0 saturated heterocycles. The van der Waals surface area contributed by atoms with Crippen molar-refractivity contribution in [3.63, 3.8) is 0 Å². The van der Waals surface area contributed by atoms with Crippen molar-refractivity contribution in [3.05, 3.63) is 4.91 Å². The highest BCUT2D eigenvalue weighted by atomic mass is 31.2. The predicted molar refractivity (Wildman–Crippen MR) is 19.7 cm³/mol. The van der Waals surface area contributed by atoms with E-state index in [4.69, 9.17) is 4.91 Å². The SMILES string of the molecule is CP(F)N=O. The van der Waals surface area contributed by atoms with E-state index >= 15 is 0 Å². The summed E-state index contributed by atoms with van der Waals surface area (Å²) in [6.07, 6.45) is 0. The predicted octanol–water partition coefficient (Wildman–Crippen LogP) is 1.66. The molecular formula is CH3FNOP. The Morgan fingerprint density at radius 3 is 2.20 bits per heavy atom. The quantitative estimate of drug-likeness (QED) is 0.359. The fourth-order valence-electron chi connectivity index (χ4n) is 0. The summed E-state index contributed by atoms with van der Waals surface area (Å²) in [7, 11) is -2.03. The molecule has 0 aromatic carbocycles. The lowest BCUT2D eigenvalue weighted by Crippen LogP contribution is -1.38. The van der Waals surface area contributed by atoms with Gasteiger partial charge in [-0.2, -0.15) is 4.20 Å². The topological polar surface area (TPSA) is 29.4 Å². The number of nitrogens with zero attached hydrogens (tertiary/aromatic N) is 1. The Kier molecular flexibility index (Phi) is 2.19. The van der Waals surface area contributed by atoms with Crippen LogP contribution in [0.15, 0.2) is 4.95 Å². The van der Waals surface area contributed by atoms with Gasteiger partial charge in [-0.05, 0) is 4.95 Å². The summed E-state index contributed by atoms with van der Waals surface area (Å²) in [5, 5.41) is 0. The molecule has 0 saturated carbocycles. The van der Waals surface area contributed by atoms with Crippen molar-refractivity contribution < 1.29 is 4.20 Å². The van der Waals surface area contributed by atoms with E-state index in [1.54, 1.807) is 0 Å². The Hall–Kier alpha value is -0.0400. The fraction of sp³-hybridized carbons (Fsp3) is 1.00. The first kappa shape index (κ1) is 4.96. The molecule has 0 aliphatic rings. The molecule has 0 spiro atoms. The molecule has 1 atom stereocenters. The normalized spacial score (nSPS) is 14.0. The zero-order valence-electron chi connectivity index (χ0n) is 2.68. The van der Waals surface area contributed by atoms with Gasteiger partial charge in [-0.1, -0.05) is 0 Å². The third-order valence-electron chi connectivity index (χ3n) is 0.113. The summed E-state index contributed by atoms with van der Waals surface area (Å²) in [4.78, 5) is 10.9. The van der Waals surface area contributed by atoms with Crippen LogP contribution in [0.2, 0.25) is 0 Å². The number of rotatable bonds is 1. The largest absolute Gasteiger partial charge is 0.246 e. The Balaban J connectivity index is 2.83. The zero-order chi connectivity index (χ0) is 4.28. The van der Waals surface area contributed by atoms with Gasteiger partial charge in [0.15, 0.2) is 0 Å². The Morgan fingerprint density at radius 2 is 2.20 bits per heavy atom. The first-order chi connectivity index (χ1) is 2.27. The third-order valence-corrected chi connectivity index (χ3v) is 0.338. The molecule has 0 rings (SSSR count). The summed E-state index contributed by atoms with van der Waals surface area (Å²) in [5.74, 6) is 0. The van der Waals surface area contributed by atoms with Crippen molar-refractivity contribution in [2.45, 2.75) is 0 Å². The van der Waals surface area contributed by atoms with Gasteiger partial charge in [-0.3, -0.25) is 0 Å². The van der Waals surface area contributed by atoms with Gasteiger partial charge in [0.1, 0.15) is 0 Å². The second-order valence-corrected chi connectivity index (χ2v) is 1.58. The van der Waals surface area contributed by atoms with E-state index in [1.165, 1.54) is 0 Å². The maximum atomic E-state index is 11.0. The van der Waals surface area contributed by atoms with Crippen LogP contribution in [0.3, 0.4) is 0 Å². The Bertz CT molecular complexity index is 38.6. The minimum absolute atomic E-state index is 1.14.